The number of hydrogen-bond donors (Lipinski definition) is 2. The Morgan fingerprint density at radius 1 is 1.71 bits per heavy atom. The van der Waals surface area contributed by atoms with Crippen LogP contribution >= 0.6 is 0 Å². The maximum Gasteiger partial charge on any atom is 0.274 e. The van der Waals surface area contributed by atoms with Gasteiger partial charge in [0, 0.05) is 24.8 Å². The molecule has 1 aliphatic rings. The Balaban J connectivity index is 2.02. The highest BCUT2D eigenvalue weighted by atomic mass is 16.2. The molecular weight excluding hydrogens is 216 g/mol. The number of H-pyrrole nitrogens is 1. The van der Waals surface area contributed by atoms with Gasteiger partial charge in [-0.25, -0.2) is 0 Å². The van der Waals surface area contributed by atoms with E-state index < -0.39 is 0 Å². The lowest BCUT2D eigenvalue weighted by Gasteiger charge is -2.13. The molecule has 1 saturated heterocycles. The molecule has 0 aromatic carbocycles. The predicted octanol–water partition coefficient (Wildman–Crippen LogP) is 0.781. The van der Waals surface area contributed by atoms with Crippen LogP contribution in [0.4, 0.5) is 0 Å². The highest BCUT2D eigenvalue weighted by Crippen LogP contribution is 2.13. The molecule has 5 heteroatoms. The van der Waals surface area contributed by atoms with E-state index >= 15 is 0 Å². The summed E-state index contributed by atoms with van der Waals surface area (Å²) in [5.74, 6) is 0.544. The lowest BCUT2D eigenvalue weighted by molar-refractivity contribution is 0.0785. The van der Waals surface area contributed by atoms with Gasteiger partial charge in [-0.2, -0.15) is 5.10 Å². The smallest absolute Gasteiger partial charge is 0.274 e. The maximum atomic E-state index is 12.1. The Bertz CT molecular complexity index is 399. The maximum absolute atomic E-state index is 12.1. The number of amides is 1. The molecule has 3 N–H and O–H groups in total. The number of aromatic amines is 1. The SMILES string of the molecule is CC(C)Cc1cc(C(=O)N2CC[C@@H](N)C2)n[nH]1. The fourth-order valence-corrected chi connectivity index (χ4v) is 2.15. The van der Waals surface area contributed by atoms with Crippen LogP contribution in [0.15, 0.2) is 6.07 Å². The molecule has 94 valence electrons. The van der Waals surface area contributed by atoms with Crippen LogP contribution in [0.25, 0.3) is 0 Å². The van der Waals surface area contributed by atoms with Crippen molar-refractivity contribution >= 4 is 5.91 Å². The monoisotopic (exact) mass is 236 g/mol. The first-order chi connectivity index (χ1) is 8.06. The van der Waals surface area contributed by atoms with Gasteiger partial charge in [0.2, 0.25) is 0 Å². The zero-order valence-corrected chi connectivity index (χ0v) is 10.4. The number of hydrogen-bond acceptors (Lipinski definition) is 3. The van der Waals surface area contributed by atoms with E-state index in [1.807, 2.05) is 6.07 Å². The highest BCUT2D eigenvalue weighted by molar-refractivity contribution is 5.92. The summed E-state index contributed by atoms with van der Waals surface area (Å²) in [4.78, 5) is 13.9. The summed E-state index contributed by atoms with van der Waals surface area (Å²) in [7, 11) is 0. The van der Waals surface area contributed by atoms with Crippen molar-refractivity contribution in [2.75, 3.05) is 13.1 Å². The van der Waals surface area contributed by atoms with Crippen LogP contribution in [0.2, 0.25) is 0 Å². The molecule has 0 spiro atoms. The van der Waals surface area contributed by atoms with Gasteiger partial charge in [0.25, 0.3) is 5.91 Å². The van der Waals surface area contributed by atoms with Crippen LogP contribution in [0, 0.1) is 5.92 Å². The number of carbonyl (C=O) groups excluding carboxylic acids is 1. The molecular formula is C12H20N4O. The predicted molar refractivity (Wildman–Crippen MR) is 65.6 cm³/mol. The van der Waals surface area contributed by atoms with Gasteiger partial charge in [-0.05, 0) is 24.8 Å². The Kier molecular flexibility index (Phi) is 3.47. The third-order valence-electron chi connectivity index (χ3n) is 2.99. The second-order valence-corrected chi connectivity index (χ2v) is 5.18. The summed E-state index contributed by atoms with van der Waals surface area (Å²) in [5, 5.41) is 7.01. The minimum absolute atomic E-state index is 0.00999. The molecule has 5 nitrogen and oxygen atoms in total. The molecule has 2 rings (SSSR count). The standard InChI is InChI=1S/C12H20N4O/c1-8(2)5-10-6-11(15-14-10)12(17)16-4-3-9(13)7-16/h6,8-9H,3-5,7,13H2,1-2H3,(H,14,15)/t9-/m1/s1. The van der Waals surface area contributed by atoms with Gasteiger partial charge >= 0.3 is 0 Å². The average Bonchev–Trinajstić information content (AvgIpc) is 2.85. The molecule has 1 aromatic heterocycles. The molecule has 1 aromatic rings. The summed E-state index contributed by atoms with van der Waals surface area (Å²) >= 11 is 0. The first-order valence-corrected chi connectivity index (χ1v) is 6.15. The molecule has 1 amide bonds. The van der Waals surface area contributed by atoms with E-state index in [0.29, 0.717) is 18.2 Å². The number of carbonyl (C=O) groups is 1. The Morgan fingerprint density at radius 3 is 3.06 bits per heavy atom. The van der Waals surface area contributed by atoms with E-state index in [0.717, 1.165) is 25.1 Å². The molecule has 0 aliphatic carbocycles. The van der Waals surface area contributed by atoms with Crippen molar-refractivity contribution in [3.63, 3.8) is 0 Å². The van der Waals surface area contributed by atoms with Crippen LogP contribution < -0.4 is 5.73 Å². The minimum Gasteiger partial charge on any atom is -0.336 e. The normalized spacial score (nSPS) is 20.2. The second kappa shape index (κ2) is 4.87. The number of nitrogens with one attached hydrogen (secondary N) is 1. The number of rotatable bonds is 3. The number of aromatic nitrogens is 2. The first kappa shape index (κ1) is 12.1. The highest BCUT2D eigenvalue weighted by Gasteiger charge is 2.25. The van der Waals surface area contributed by atoms with E-state index in [4.69, 9.17) is 5.73 Å². The molecule has 2 heterocycles. The van der Waals surface area contributed by atoms with Crippen molar-refractivity contribution in [2.45, 2.75) is 32.7 Å². The van der Waals surface area contributed by atoms with Crippen LogP contribution in [-0.2, 0) is 6.42 Å². The van der Waals surface area contributed by atoms with E-state index in [9.17, 15) is 4.79 Å². The summed E-state index contributed by atoms with van der Waals surface area (Å²) in [6, 6.07) is 1.97. The zero-order chi connectivity index (χ0) is 12.4. The Labute approximate surface area is 101 Å². The topological polar surface area (TPSA) is 75.0 Å². The van der Waals surface area contributed by atoms with Gasteiger partial charge in [0.1, 0.15) is 5.69 Å². The largest absolute Gasteiger partial charge is 0.336 e. The van der Waals surface area contributed by atoms with Crippen LogP contribution in [0.5, 0.6) is 0 Å². The van der Waals surface area contributed by atoms with Crippen LogP contribution in [0.1, 0.15) is 36.5 Å². The second-order valence-electron chi connectivity index (χ2n) is 5.18. The summed E-state index contributed by atoms with van der Waals surface area (Å²) < 4.78 is 0. The van der Waals surface area contributed by atoms with Crippen molar-refractivity contribution in [1.82, 2.24) is 15.1 Å². The fourth-order valence-electron chi connectivity index (χ4n) is 2.15. The minimum atomic E-state index is -0.00999. The Hall–Kier alpha value is -1.36. The van der Waals surface area contributed by atoms with Crippen molar-refractivity contribution in [3.8, 4) is 0 Å². The summed E-state index contributed by atoms with van der Waals surface area (Å²) in [6.07, 6.45) is 1.80. The molecule has 0 bridgehead atoms. The van der Waals surface area contributed by atoms with Gasteiger partial charge in [0.15, 0.2) is 0 Å². The average molecular weight is 236 g/mol. The quantitative estimate of drug-likeness (QED) is 0.814. The zero-order valence-electron chi connectivity index (χ0n) is 10.4. The number of nitrogens with two attached hydrogens (primary N) is 1. The molecule has 17 heavy (non-hydrogen) atoms. The third-order valence-corrected chi connectivity index (χ3v) is 2.99. The molecule has 0 saturated carbocycles. The fraction of sp³-hybridized carbons (Fsp3) is 0.667. The molecule has 1 aliphatic heterocycles. The van der Waals surface area contributed by atoms with Gasteiger partial charge in [-0.1, -0.05) is 13.8 Å². The Morgan fingerprint density at radius 2 is 2.47 bits per heavy atom. The summed E-state index contributed by atoms with van der Waals surface area (Å²) in [5.41, 5.74) is 7.32. The number of nitrogens with zero attached hydrogens (tertiary/aromatic N) is 2. The van der Waals surface area contributed by atoms with Gasteiger partial charge in [0.05, 0.1) is 0 Å². The van der Waals surface area contributed by atoms with E-state index in [1.54, 1.807) is 4.90 Å². The third kappa shape index (κ3) is 2.85. The van der Waals surface area contributed by atoms with Gasteiger partial charge in [-0.3, -0.25) is 9.89 Å². The lowest BCUT2D eigenvalue weighted by Crippen LogP contribution is -2.32. The summed E-state index contributed by atoms with van der Waals surface area (Å²) in [6.45, 7) is 5.67. The van der Waals surface area contributed by atoms with Crippen molar-refractivity contribution in [1.29, 1.82) is 0 Å². The van der Waals surface area contributed by atoms with Crippen LogP contribution in [0.3, 0.4) is 0 Å². The molecule has 0 radical (unpaired) electrons. The molecule has 0 unspecified atom stereocenters. The van der Waals surface area contributed by atoms with Gasteiger partial charge < -0.3 is 10.6 Å². The van der Waals surface area contributed by atoms with Crippen LogP contribution in [-0.4, -0.2) is 40.1 Å². The first-order valence-electron chi connectivity index (χ1n) is 6.15. The van der Waals surface area contributed by atoms with Gasteiger partial charge in [-0.15, -0.1) is 0 Å². The lowest BCUT2D eigenvalue weighted by atomic mass is 10.1. The number of likely N-dealkylation sites (tertiary alicyclic amines) is 1. The van der Waals surface area contributed by atoms with Crippen molar-refractivity contribution in [3.05, 3.63) is 17.5 Å². The van der Waals surface area contributed by atoms with E-state index in [2.05, 4.69) is 24.0 Å². The molecule has 1 atom stereocenters. The van der Waals surface area contributed by atoms with E-state index in [-0.39, 0.29) is 11.9 Å². The van der Waals surface area contributed by atoms with Crippen molar-refractivity contribution < 1.29 is 4.79 Å². The van der Waals surface area contributed by atoms with E-state index in [1.165, 1.54) is 0 Å². The molecule has 1 fully saturated rings. The van der Waals surface area contributed by atoms with Crippen molar-refractivity contribution in [2.24, 2.45) is 11.7 Å².